The molecular weight excluding hydrogens is 186 g/mol. The van der Waals surface area contributed by atoms with Crippen LogP contribution in [-0.4, -0.2) is 12.1 Å². The van der Waals surface area contributed by atoms with Gasteiger partial charge in [0.2, 0.25) is 0 Å². The molecule has 1 aliphatic rings. The third kappa shape index (κ3) is 2.72. The summed E-state index contributed by atoms with van der Waals surface area (Å²) in [4.78, 5) is 0. The number of aryl methyl sites for hydroxylation is 1. The van der Waals surface area contributed by atoms with E-state index in [0.717, 1.165) is 31.4 Å². The van der Waals surface area contributed by atoms with Crippen LogP contribution in [0.1, 0.15) is 31.2 Å². The standard InChI is InChI=1S/C13H19NO/c1-10-4-2-3-5-13(10)15-12-8-6-11(14)7-9-12/h2-5,11-12H,6-9,14H2,1H3. The second-order valence-electron chi connectivity index (χ2n) is 4.42. The van der Waals surface area contributed by atoms with E-state index in [1.807, 2.05) is 18.2 Å². The number of para-hydroxylation sites is 1. The molecule has 0 saturated heterocycles. The molecule has 0 radical (unpaired) electrons. The Morgan fingerprint density at radius 2 is 1.80 bits per heavy atom. The van der Waals surface area contributed by atoms with Crippen molar-refractivity contribution in [3.05, 3.63) is 29.8 Å². The van der Waals surface area contributed by atoms with Crippen LogP contribution >= 0.6 is 0 Å². The van der Waals surface area contributed by atoms with Crippen LogP contribution in [0.25, 0.3) is 0 Å². The average Bonchev–Trinajstić information content (AvgIpc) is 2.25. The zero-order valence-corrected chi connectivity index (χ0v) is 9.28. The van der Waals surface area contributed by atoms with Gasteiger partial charge >= 0.3 is 0 Å². The molecule has 1 aromatic rings. The number of nitrogens with two attached hydrogens (primary N) is 1. The van der Waals surface area contributed by atoms with Crippen molar-refractivity contribution in [3.63, 3.8) is 0 Å². The van der Waals surface area contributed by atoms with Gasteiger partial charge in [-0.05, 0) is 44.2 Å². The van der Waals surface area contributed by atoms with Crippen LogP contribution in [0.4, 0.5) is 0 Å². The number of ether oxygens (including phenoxy) is 1. The normalized spacial score (nSPS) is 26.3. The van der Waals surface area contributed by atoms with Gasteiger partial charge in [-0.2, -0.15) is 0 Å². The SMILES string of the molecule is Cc1ccccc1OC1CCC(N)CC1. The van der Waals surface area contributed by atoms with E-state index >= 15 is 0 Å². The van der Waals surface area contributed by atoms with Gasteiger partial charge in [-0.25, -0.2) is 0 Å². The smallest absolute Gasteiger partial charge is 0.122 e. The third-order valence-electron chi connectivity index (χ3n) is 3.11. The Balaban J connectivity index is 1.95. The lowest BCUT2D eigenvalue weighted by atomic mass is 9.93. The Hall–Kier alpha value is -1.02. The second kappa shape index (κ2) is 4.67. The van der Waals surface area contributed by atoms with E-state index in [9.17, 15) is 0 Å². The van der Waals surface area contributed by atoms with Crippen molar-refractivity contribution in [2.45, 2.75) is 44.8 Å². The summed E-state index contributed by atoms with van der Waals surface area (Å²) < 4.78 is 5.98. The molecule has 1 aromatic carbocycles. The van der Waals surface area contributed by atoms with Crippen LogP contribution in [0.3, 0.4) is 0 Å². The molecule has 1 saturated carbocycles. The van der Waals surface area contributed by atoms with Crippen LogP contribution in [-0.2, 0) is 0 Å². The summed E-state index contributed by atoms with van der Waals surface area (Å²) in [5.74, 6) is 1.03. The number of hydrogen-bond acceptors (Lipinski definition) is 2. The van der Waals surface area contributed by atoms with Gasteiger partial charge in [0, 0.05) is 6.04 Å². The fourth-order valence-corrected chi connectivity index (χ4v) is 2.07. The van der Waals surface area contributed by atoms with Crippen LogP contribution in [0.5, 0.6) is 5.75 Å². The minimum absolute atomic E-state index is 0.367. The minimum Gasteiger partial charge on any atom is -0.490 e. The van der Waals surface area contributed by atoms with E-state index in [0.29, 0.717) is 12.1 Å². The number of rotatable bonds is 2. The quantitative estimate of drug-likeness (QED) is 0.805. The van der Waals surface area contributed by atoms with Crippen molar-refractivity contribution in [2.24, 2.45) is 5.73 Å². The lowest BCUT2D eigenvalue weighted by Gasteiger charge is -2.27. The van der Waals surface area contributed by atoms with Crippen molar-refractivity contribution in [1.29, 1.82) is 0 Å². The Morgan fingerprint density at radius 3 is 2.47 bits per heavy atom. The van der Waals surface area contributed by atoms with E-state index in [1.165, 1.54) is 5.56 Å². The van der Waals surface area contributed by atoms with Gasteiger partial charge in [0.25, 0.3) is 0 Å². The van der Waals surface area contributed by atoms with E-state index in [1.54, 1.807) is 0 Å². The molecule has 0 spiro atoms. The zero-order valence-electron chi connectivity index (χ0n) is 9.28. The maximum atomic E-state index is 5.98. The Bertz CT molecular complexity index is 316. The summed E-state index contributed by atoms with van der Waals surface area (Å²) in [6.07, 6.45) is 4.74. The lowest BCUT2D eigenvalue weighted by molar-refractivity contribution is 0.146. The monoisotopic (exact) mass is 205 g/mol. The molecule has 2 heteroatoms. The van der Waals surface area contributed by atoms with Gasteiger partial charge in [0.05, 0.1) is 6.10 Å². The van der Waals surface area contributed by atoms with Crippen molar-refractivity contribution in [2.75, 3.05) is 0 Å². The van der Waals surface area contributed by atoms with E-state index in [-0.39, 0.29) is 0 Å². The first kappa shape index (κ1) is 10.5. The van der Waals surface area contributed by atoms with E-state index in [4.69, 9.17) is 10.5 Å². The van der Waals surface area contributed by atoms with Crippen LogP contribution < -0.4 is 10.5 Å². The largest absolute Gasteiger partial charge is 0.490 e. The predicted octanol–water partition coefficient (Wildman–Crippen LogP) is 2.64. The predicted molar refractivity (Wildman–Crippen MR) is 62.0 cm³/mol. The first-order chi connectivity index (χ1) is 7.25. The molecule has 0 heterocycles. The zero-order chi connectivity index (χ0) is 10.7. The molecule has 1 fully saturated rings. The first-order valence-electron chi connectivity index (χ1n) is 5.73. The fourth-order valence-electron chi connectivity index (χ4n) is 2.07. The van der Waals surface area contributed by atoms with Gasteiger partial charge < -0.3 is 10.5 Å². The molecule has 0 bridgehead atoms. The highest BCUT2D eigenvalue weighted by Crippen LogP contribution is 2.24. The molecule has 15 heavy (non-hydrogen) atoms. The Labute approximate surface area is 91.4 Å². The molecule has 2 N–H and O–H groups in total. The number of hydrogen-bond donors (Lipinski definition) is 1. The minimum atomic E-state index is 0.367. The van der Waals surface area contributed by atoms with Gasteiger partial charge in [0.1, 0.15) is 5.75 Å². The summed E-state index contributed by atoms with van der Waals surface area (Å²) >= 11 is 0. The highest BCUT2D eigenvalue weighted by Gasteiger charge is 2.19. The van der Waals surface area contributed by atoms with Gasteiger partial charge in [-0.3, -0.25) is 0 Å². The van der Waals surface area contributed by atoms with Crippen LogP contribution in [0.2, 0.25) is 0 Å². The number of benzene rings is 1. The summed E-state index contributed by atoms with van der Waals surface area (Å²) in [5.41, 5.74) is 7.08. The molecule has 0 unspecified atom stereocenters. The van der Waals surface area contributed by atoms with Crippen molar-refractivity contribution in [3.8, 4) is 5.75 Å². The van der Waals surface area contributed by atoms with Gasteiger partial charge in [0.15, 0.2) is 0 Å². The maximum Gasteiger partial charge on any atom is 0.122 e. The average molecular weight is 205 g/mol. The summed E-state index contributed by atoms with van der Waals surface area (Å²) in [5, 5.41) is 0. The Kier molecular flexibility index (Phi) is 3.27. The van der Waals surface area contributed by atoms with Crippen molar-refractivity contribution >= 4 is 0 Å². The summed E-state index contributed by atoms with van der Waals surface area (Å²) in [7, 11) is 0. The molecule has 0 aliphatic heterocycles. The van der Waals surface area contributed by atoms with Crippen molar-refractivity contribution < 1.29 is 4.74 Å². The lowest BCUT2D eigenvalue weighted by Crippen LogP contribution is -2.31. The van der Waals surface area contributed by atoms with Gasteiger partial charge in [-0.1, -0.05) is 18.2 Å². The third-order valence-corrected chi connectivity index (χ3v) is 3.11. The first-order valence-corrected chi connectivity index (χ1v) is 5.73. The summed E-state index contributed by atoms with van der Waals surface area (Å²) in [6, 6.07) is 8.59. The molecule has 2 rings (SSSR count). The Morgan fingerprint density at radius 1 is 1.13 bits per heavy atom. The van der Waals surface area contributed by atoms with E-state index in [2.05, 4.69) is 13.0 Å². The molecule has 2 nitrogen and oxygen atoms in total. The van der Waals surface area contributed by atoms with E-state index < -0.39 is 0 Å². The van der Waals surface area contributed by atoms with Gasteiger partial charge in [-0.15, -0.1) is 0 Å². The molecule has 82 valence electrons. The molecule has 0 atom stereocenters. The molecule has 1 aliphatic carbocycles. The maximum absolute atomic E-state index is 5.98. The highest BCUT2D eigenvalue weighted by atomic mass is 16.5. The second-order valence-corrected chi connectivity index (χ2v) is 4.42. The molecule has 0 aromatic heterocycles. The van der Waals surface area contributed by atoms with Crippen LogP contribution in [0, 0.1) is 6.92 Å². The molecule has 0 amide bonds. The van der Waals surface area contributed by atoms with Crippen LogP contribution in [0.15, 0.2) is 24.3 Å². The topological polar surface area (TPSA) is 35.2 Å². The summed E-state index contributed by atoms with van der Waals surface area (Å²) in [6.45, 7) is 2.09. The molecular formula is C13H19NO. The fraction of sp³-hybridized carbons (Fsp3) is 0.538. The van der Waals surface area contributed by atoms with Crippen molar-refractivity contribution in [1.82, 2.24) is 0 Å². The highest BCUT2D eigenvalue weighted by molar-refractivity contribution is 5.31.